The van der Waals surface area contributed by atoms with Crippen molar-refractivity contribution in [2.75, 3.05) is 19.1 Å². The highest BCUT2D eigenvalue weighted by atomic mass is 16.5. The Bertz CT molecular complexity index is 1840. The summed E-state index contributed by atoms with van der Waals surface area (Å²) in [6, 6.07) is 26.4. The van der Waals surface area contributed by atoms with Crippen LogP contribution in [0.1, 0.15) is 67.5 Å². The van der Waals surface area contributed by atoms with Crippen molar-refractivity contribution in [1.29, 1.82) is 0 Å². The fourth-order valence-corrected chi connectivity index (χ4v) is 7.78. The number of carbonyl (C=O) groups excluding carboxylic acids is 3. The van der Waals surface area contributed by atoms with Crippen molar-refractivity contribution in [2.45, 2.75) is 38.3 Å². The minimum atomic E-state index is -1.60. The summed E-state index contributed by atoms with van der Waals surface area (Å²) in [6.45, 7) is 4.33. The maximum absolute atomic E-state index is 15.0. The Balaban J connectivity index is 1.51. The predicted molar refractivity (Wildman–Crippen MR) is 175 cm³/mol. The monoisotopic (exact) mass is 597 g/mol. The average molecular weight is 598 g/mol. The van der Waals surface area contributed by atoms with E-state index in [1.807, 2.05) is 71.6 Å². The first-order valence-corrected chi connectivity index (χ1v) is 15.4. The van der Waals surface area contributed by atoms with E-state index in [-0.39, 0.29) is 17.3 Å². The van der Waals surface area contributed by atoms with Crippen molar-refractivity contribution in [3.63, 3.8) is 0 Å². The van der Waals surface area contributed by atoms with Crippen LogP contribution in [0.25, 0.3) is 6.08 Å². The van der Waals surface area contributed by atoms with Crippen LogP contribution in [0.4, 0.5) is 5.69 Å². The van der Waals surface area contributed by atoms with Gasteiger partial charge in [-0.2, -0.15) is 0 Å². The molecule has 0 N–H and O–H groups in total. The van der Waals surface area contributed by atoms with Gasteiger partial charge in [-0.25, -0.2) is 0 Å². The molecule has 4 aromatic rings. The number of para-hydroxylation sites is 1. The van der Waals surface area contributed by atoms with E-state index in [4.69, 9.17) is 9.47 Å². The molecule has 6 nitrogen and oxygen atoms in total. The maximum atomic E-state index is 15.0. The SMILES string of the molecule is COc1ccc([C@@H]2[C@H](C(=O)c3ccc(CC(C)C)cc3)N3c4ccccc4C=C[C@@H]3C23C(=O)c2ccccc2C3=O)c(OC)c1. The number of carbonyl (C=O) groups is 3. The van der Waals surface area contributed by atoms with Gasteiger partial charge in [-0.05, 0) is 35.6 Å². The zero-order valence-corrected chi connectivity index (χ0v) is 25.8. The first-order chi connectivity index (χ1) is 21.8. The number of fused-ring (bicyclic) bond motifs is 5. The van der Waals surface area contributed by atoms with Gasteiger partial charge in [0.2, 0.25) is 0 Å². The van der Waals surface area contributed by atoms with Crippen LogP contribution in [0.5, 0.6) is 11.5 Å². The smallest absolute Gasteiger partial charge is 0.185 e. The summed E-state index contributed by atoms with van der Waals surface area (Å²) in [5, 5.41) is 0. The topological polar surface area (TPSA) is 72.9 Å². The van der Waals surface area contributed by atoms with Gasteiger partial charge in [0.25, 0.3) is 0 Å². The van der Waals surface area contributed by atoms with Gasteiger partial charge in [-0.3, -0.25) is 14.4 Å². The number of Topliss-reactive ketones (excluding diaryl/α,β-unsaturated/α-hetero) is 3. The molecule has 6 heteroatoms. The summed E-state index contributed by atoms with van der Waals surface area (Å²) in [5.41, 5.74) is 3.20. The van der Waals surface area contributed by atoms with Crippen LogP contribution in [-0.2, 0) is 6.42 Å². The third-order valence-electron chi connectivity index (χ3n) is 9.64. The molecule has 0 radical (unpaired) electrons. The Morgan fingerprint density at radius 1 is 0.844 bits per heavy atom. The second kappa shape index (κ2) is 10.9. The minimum absolute atomic E-state index is 0.155. The molecule has 0 unspecified atom stereocenters. The number of ether oxygens (including phenoxy) is 2. The quantitative estimate of drug-likeness (QED) is 0.166. The third-order valence-corrected chi connectivity index (χ3v) is 9.64. The molecular formula is C39H35NO5. The Labute approximate surface area is 263 Å². The molecule has 45 heavy (non-hydrogen) atoms. The van der Waals surface area contributed by atoms with Crippen LogP contribution in [-0.4, -0.2) is 43.7 Å². The summed E-state index contributed by atoms with van der Waals surface area (Å²) >= 11 is 0. The summed E-state index contributed by atoms with van der Waals surface area (Å²) in [5.74, 6) is -0.0577. The lowest BCUT2D eigenvalue weighted by Crippen LogP contribution is -2.48. The molecule has 0 saturated carbocycles. The lowest BCUT2D eigenvalue weighted by molar-refractivity contribution is 0.0665. The van der Waals surface area contributed by atoms with Crippen molar-refractivity contribution in [1.82, 2.24) is 0 Å². The van der Waals surface area contributed by atoms with Gasteiger partial charge in [0, 0.05) is 39.9 Å². The van der Waals surface area contributed by atoms with Crippen LogP contribution in [0.15, 0.2) is 97.1 Å². The van der Waals surface area contributed by atoms with Gasteiger partial charge < -0.3 is 14.4 Å². The van der Waals surface area contributed by atoms with Gasteiger partial charge in [0.15, 0.2) is 17.3 Å². The van der Waals surface area contributed by atoms with Gasteiger partial charge in [0.1, 0.15) is 23.0 Å². The normalized spacial score (nSPS) is 20.7. The van der Waals surface area contributed by atoms with Crippen LogP contribution < -0.4 is 14.4 Å². The van der Waals surface area contributed by atoms with Gasteiger partial charge in [-0.15, -0.1) is 0 Å². The Hall–Kier alpha value is -4.97. The zero-order valence-electron chi connectivity index (χ0n) is 25.8. The zero-order chi connectivity index (χ0) is 31.5. The first-order valence-electron chi connectivity index (χ1n) is 15.4. The molecule has 1 spiro atoms. The number of methoxy groups -OCH3 is 2. The molecular weight excluding hydrogens is 562 g/mol. The maximum Gasteiger partial charge on any atom is 0.185 e. The van der Waals surface area contributed by atoms with E-state index in [1.165, 1.54) is 0 Å². The number of rotatable bonds is 7. The average Bonchev–Trinajstić information content (AvgIpc) is 3.50. The molecule has 3 atom stereocenters. The fraction of sp³-hybridized carbons (Fsp3) is 0.256. The van der Waals surface area contributed by atoms with E-state index >= 15 is 4.79 Å². The van der Waals surface area contributed by atoms with Gasteiger partial charge in [0.05, 0.1) is 20.3 Å². The number of nitrogens with zero attached hydrogens (tertiary/aromatic N) is 1. The Kier molecular flexibility index (Phi) is 6.96. The van der Waals surface area contributed by atoms with Crippen LogP contribution in [0, 0.1) is 11.3 Å². The Morgan fingerprint density at radius 2 is 1.51 bits per heavy atom. The highest BCUT2D eigenvalue weighted by Gasteiger charge is 2.72. The summed E-state index contributed by atoms with van der Waals surface area (Å²) < 4.78 is 11.4. The van der Waals surface area contributed by atoms with E-state index < -0.39 is 23.4 Å². The molecule has 226 valence electrons. The molecule has 1 aliphatic carbocycles. The van der Waals surface area contributed by atoms with Crippen LogP contribution in [0.3, 0.4) is 0 Å². The van der Waals surface area contributed by atoms with E-state index in [0.29, 0.717) is 39.7 Å². The molecule has 4 aromatic carbocycles. The highest BCUT2D eigenvalue weighted by molar-refractivity contribution is 6.32. The van der Waals surface area contributed by atoms with E-state index in [9.17, 15) is 9.59 Å². The van der Waals surface area contributed by atoms with E-state index in [0.717, 1.165) is 23.2 Å². The van der Waals surface area contributed by atoms with E-state index in [2.05, 4.69) is 13.8 Å². The molecule has 3 aliphatic rings. The largest absolute Gasteiger partial charge is 0.497 e. The minimum Gasteiger partial charge on any atom is -0.497 e. The van der Waals surface area contributed by atoms with Gasteiger partial charge in [-0.1, -0.05) is 98.8 Å². The van der Waals surface area contributed by atoms with Gasteiger partial charge >= 0.3 is 0 Å². The predicted octanol–water partition coefficient (Wildman–Crippen LogP) is 7.22. The van der Waals surface area contributed by atoms with E-state index in [1.54, 1.807) is 50.6 Å². The van der Waals surface area contributed by atoms with Crippen LogP contribution >= 0.6 is 0 Å². The molecule has 2 heterocycles. The lowest BCUT2D eigenvalue weighted by Gasteiger charge is -2.37. The summed E-state index contributed by atoms with van der Waals surface area (Å²) in [4.78, 5) is 46.8. The van der Waals surface area contributed by atoms with Crippen LogP contribution in [0.2, 0.25) is 0 Å². The molecule has 7 rings (SSSR count). The highest BCUT2D eigenvalue weighted by Crippen LogP contribution is 2.62. The van der Waals surface area contributed by atoms with Crippen molar-refractivity contribution in [3.8, 4) is 11.5 Å². The second-order valence-electron chi connectivity index (χ2n) is 12.5. The standard InChI is InChI=1S/C39H35NO5/c1-23(2)21-24-13-15-26(16-14-24)36(41)35-34(30-19-18-27(44-3)22-32(30)45-4)39(37(42)28-10-6-7-11-29(28)38(39)43)33-20-17-25-9-5-8-12-31(25)40(33)35/h5-20,22-23,33-35H,21H2,1-4H3/t33-,34-,35-/m1/s1. The lowest BCUT2D eigenvalue weighted by atomic mass is 9.64. The van der Waals surface area contributed by atoms with Crippen molar-refractivity contribution >= 4 is 29.1 Å². The first kappa shape index (κ1) is 28.8. The number of hydrogen-bond donors (Lipinski definition) is 0. The number of benzene rings is 4. The molecule has 0 bridgehead atoms. The molecule has 1 fully saturated rings. The molecule has 1 saturated heterocycles. The number of hydrogen-bond acceptors (Lipinski definition) is 6. The Morgan fingerprint density at radius 3 is 2.16 bits per heavy atom. The molecule has 0 amide bonds. The van der Waals surface area contributed by atoms with Crippen molar-refractivity contribution < 1.29 is 23.9 Å². The summed E-state index contributed by atoms with van der Waals surface area (Å²) in [7, 11) is 3.13. The van der Waals surface area contributed by atoms with Crippen molar-refractivity contribution in [2.24, 2.45) is 11.3 Å². The number of anilines is 1. The second-order valence-corrected chi connectivity index (χ2v) is 12.5. The molecule has 2 aliphatic heterocycles. The van der Waals surface area contributed by atoms with Crippen molar-refractivity contribution in [3.05, 3.63) is 130 Å². The number of ketones is 3. The summed E-state index contributed by atoms with van der Waals surface area (Å²) in [6.07, 6.45) is 4.81. The molecule has 0 aromatic heterocycles. The fourth-order valence-electron chi connectivity index (χ4n) is 7.78. The third kappa shape index (κ3) is 4.19.